The molecule has 0 aliphatic carbocycles. The highest BCUT2D eigenvalue weighted by Gasteiger charge is 2.13. The molecule has 0 N–H and O–H groups in total. The van der Waals surface area contributed by atoms with Gasteiger partial charge in [-0.2, -0.15) is 0 Å². The number of ether oxygens (including phenoxy) is 2. The first-order valence-corrected chi connectivity index (χ1v) is 7.04. The van der Waals surface area contributed by atoms with Gasteiger partial charge < -0.3 is 9.47 Å². The molecule has 0 bridgehead atoms. The number of benzene rings is 1. The maximum atomic E-state index is 11.8. The van der Waals surface area contributed by atoms with Crippen LogP contribution < -0.4 is 9.47 Å². The quantitative estimate of drug-likeness (QED) is 0.559. The molecule has 1 aromatic carbocycles. The van der Waals surface area contributed by atoms with Crippen LogP contribution >= 0.6 is 11.6 Å². The predicted molar refractivity (Wildman–Crippen MR) is 77.6 cm³/mol. The average Bonchev–Trinajstić information content (AvgIpc) is 2.30. The largest absolute Gasteiger partial charge is 0.487 e. The Kier molecular flexibility index (Phi) is 6.16. The minimum Gasteiger partial charge on any atom is -0.487 e. The molecule has 106 valence electrons. The van der Waals surface area contributed by atoms with Crippen molar-refractivity contribution in [1.82, 2.24) is 0 Å². The van der Waals surface area contributed by atoms with Crippen LogP contribution in [-0.2, 0) is 0 Å². The molecule has 0 spiro atoms. The first-order valence-electron chi connectivity index (χ1n) is 6.50. The van der Waals surface area contributed by atoms with Crippen LogP contribution in [0.4, 0.5) is 0 Å². The van der Waals surface area contributed by atoms with Crippen molar-refractivity contribution in [2.24, 2.45) is 0 Å². The van der Waals surface area contributed by atoms with Gasteiger partial charge in [-0.25, -0.2) is 0 Å². The second-order valence-corrected chi connectivity index (χ2v) is 5.23. The first kappa shape index (κ1) is 15.8. The van der Waals surface area contributed by atoms with Gasteiger partial charge in [0.1, 0.15) is 0 Å². The SMILES string of the molecule is CC(C)Oc1ccc(C(=O)CCCl)cc1OC(C)C. The lowest BCUT2D eigenvalue weighted by Gasteiger charge is -2.17. The molecular formula is C15H21ClO3. The van der Waals surface area contributed by atoms with E-state index in [0.29, 0.717) is 29.4 Å². The lowest BCUT2D eigenvalue weighted by molar-refractivity contribution is 0.0988. The van der Waals surface area contributed by atoms with Gasteiger partial charge in [-0.05, 0) is 45.9 Å². The van der Waals surface area contributed by atoms with E-state index in [1.165, 1.54) is 0 Å². The molecule has 1 aromatic rings. The Labute approximate surface area is 119 Å². The van der Waals surface area contributed by atoms with E-state index in [0.717, 1.165) is 0 Å². The van der Waals surface area contributed by atoms with Crippen molar-refractivity contribution in [2.45, 2.75) is 46.3 Å². The molecule has 0 aliphatic heterocycles. The summed E-state index contributed by atoms with van der Waals surface area (Å²) in [6.45, 7) is 7.77. The summed E-state index contributed by atoms with van der Waals surface area (Å²) in [6, 6.07) is 5.26. The zero-order chi connectivity index (χ0) is 14.4. The Morgan fingerprint density at radius 3 is 2.21 bits per heavy atom. The zero-order valence-corrected chi connectivity index (χ0v) is 12.7. The number of rotatable bonds is 7. The molecule has 4 heteroatoms. The molecule has 0 saturated carbocycles. The van der Waals surface area contributed by atoms with E-state index < -0.39 is 0 Å². The summed E-state index contributed by atoms with van der Waals surface area (Å²) in [5.74, 6) is 1.60. The second kappa shape index (κ2) is 7.39. The summed E-state index contributed by atoms with van der Waals surface area (Å²) in [5, 5.41) is 0. The third-order valence-electron chi connectivity index (χ3n) is 2.31. The fraction of sp³-hybridized carbons (Fsp3) is 0.533. The number of alkyl halides is 1. The van der Waals surface area contributed by atoms with E-state index in [1.54, 1.807) is 18.2 Å². The lowest BCUT2D eigenvalue weighted by Crippen LogP contribution is -2.11. The number of ketones is 1. The summed E-state index contributed by atoms with van der Waals surface area (Å²) in [6.07, 6.45) is 0.402. The van der Waals surface area contributed by atoms with Crippen LogP contribution in [0, 0.1) is 0 Å². The van der Waals surface area contributed by atoms with E-state index >= 15 is 0 Å². The van der Waals surface area contributed by atoms with Gasteiger partial charge in [-0.15, -0.1) is 11.6 Å². The van der Waals surface area contributed by atoms with Gasteiger partial charge in [-0.3, -0.25) is 4.79 Å². The molecule has 19 heavy (non-hydrogen) atoms. The number of halogens is 1. The van der Waals surface area contributed by atoms with E-state index in [1.807, 2.05) is 27.7 Å². The normalized spacial score (nSPS) is 10.9. The van der Waals surface area contributed by atoms with Crippen LogP contribution in [0.15, 0.2) is 18.2 Å². The van der Waals surface area contributed by atoms with Gasteiger partial charge in [0.2, 0.25) is 0 Å². The minimum atomic E-state index is 0.0136. The maximum Gasteiger partial charge on any atom is 0.164 e. The van der Waals surface area contributed by atoms with Crippen molar-refractivity contribution >= 4 is 17.4 Å². The highest BCUT2D eigenvalue weighted by molar-refractivity contribution is 6.19. The maximum absolute atomic E-state index is 11.8. The molecule has 0 heterocycles. The highest BCUT2D eigenvalue weighted by atomic mass is 35.5. The Morgan fingerprint density at radius 1 is 1.11 bits per heavy atom. The van der Waals surface area contributed by atoms with Crippen molar-refractivity contribution in [3.8, 4) is 11.5 Å². The van der Waals surface area contributed by atoms with Crippen LogP contribution in [-0.4, -0.2) is 23.9 Å². The van der Waals surface area contributed by atoms with Crippen LogP contribution in [0.5, 0.6) is 11.5 Å². The molecule has 1 rings (SSSR count). The number of carbonyl (C=O) groups excluding carboxylic acids is 1. The Hall–Kier alpha value is -1.22. The van der Waals surface area contributed by atoms with Crippen molar-refractivity contribution in [3.63, 3.8) is 0 Å². The van der Waals surface area contributed by atoms with Crippen molar-refractivity contribution in [2.75, 3.05) is 5.88 Å². The summed E-state index contributed by atoms with van der Waals surface area (Å²) in [5.41, 5.74) is 0.604. The summed E-state index contributed by atoms with van der Waals surface area (Å²) in [4.78, 5) is 11.8. The van der Waals surface area contributed by atoms with E-state index in [-0.39, 0.29) is 18.0 Å². The fourth-order valence-corrected chi connectivity index (χ4v) is 1.78. The molecule has 0 unspecified atom stereocenters. The smallest absolute Gasteiger partial charge is 0.164 e. The predicted octanol–water partition coefficient (Wildman–Crippen LogP) is 4.07. The lowest BCUT2D eigenvalue weighted by atomic mass is 10.1. The number of hydrogen-bond acceptors (Lipinski definition) is 3. The topological polar surface area (TPSA) is 35.5 Å². The van der Waals surface area contributed by atoms with E-state index in [2.05, 4.69) is 0 Å². The number of Topliss-reactive ketones (excluding diaryl/α,β-unsaturated/α-hetero) is 1. The van der Waals surface area contributed by atoms with Crippen molar-refractivity contribution in [3.05, 3.63) is 23.8 Å². The van der Waals surface area contributed by atoms with Gasteiger partial charge in [0.15, 0.2) is 17.3 Å². The van der Waals surface area contributed by atoms with Crippen molar-refractivity contribution < 1.29 is 14.3 Å². The van der Waals surface area contributed by atoms with Crippen LogP contribution in [0.1, 0.15) is 44.5 Å². The number of carbonyl (C=O) groups is 1. The third-order valence-corrected chi connectivity index (χ3v) is 2.50. The van der Waals surface area contributed by atoms with Crippen LogP contribution in [0.2, 0.25) is 0 Å². The molecule has 0 fully saturated rings. The van der Waals surface area contributed by atoms with Gasteiger partial charge in [0.25, 0.3) is 0 Å². The van der Waals surface area contributed by atoms with Gasteiger partial charge in [0.05, 0.1) is 12.2 Å². The van der Waals surface area contributed by atoms with E-state index in [4.69, 9.17) is 21.1 Å². The third kappa shape index (κ3) is 5.11. The monoisotopic (exact) mass is 284 g/mol. The summed E-state index contributed by atoms with van der Waals surface area (Å²) >= 11 is 5.59. The highest BCUT2D eigenvalue weighted by Crippen LogP contribution is 2.30. The fourth-order valence-electron chi connectivity index (χ4n) is 1.61. The second-order valence-electron chi connectivity index (χ2n) is 4.86. The van der Waals surface area contributed by atoms with Crippen LogP contribution in [0.25, 0.3) is 0 Å². The van der Waals surface area contributed by atoms with E-state index in [9.17, 15) is 4.79 Å². The summed E-state index contributed by atoms with van der Waals surface area (Å²) in [7, 11) is 0. The van der Waals surface area contributed by atoms with Gasteiger partial charge in [0, 0.05) is 17.9 Å². The standard InChI is InChI=1S/C15H21ClO3/c1-10(2)18-14-6-5-12(13(17)7-8-16)9-15(14)19-11(3)4/h5-6,9-11H,7-8H2,1-4H3. The molecule has 0 radical (unpaired) electrons. The zero-order valence-electron chi connectivity index (χ0n) is 11.9. The summed E-state index contributed by atoms with van der Waals surface area (Å²) < 4.78 is 11.4. The molecule has 3 nitrogen and oxygen atoms in total. The molecule has 0 amide bonds. The molecule has 0 atom stereocenters. The molecule has 0 aliphatic rings. The molecular weight excluding hydrogens is 264 g/mol. The molecule has 0 aromatic heterocycles. The Balaban J connectivity index is 3.03. The van der Waals surface area contributed by atoms with Crippen LogP contribution in [0.3, 0.4) is 0 Å². The molecule has 0 saturated heterocycles. The van der Waals surface area contributed by atoms with Gasteiger partial charge in [-0.1, -0.05) is 0 Å². The average molecular weight is 285 g/mol. The van der Waals surface area contributed by atoms with Gasteiger partial charge >= 0.3 is 0 Å². The number of hydrogen-bond donors (Lipinski definition) is 0. The minimum absolute atomic E-state index is 0.0136. The van der Waals surface area contributed by atoms with Crippen molar-refractivity contribution in [1.29, 1.82) is 0 Å². The first-order chi connectivity index (χ1) is 8.93. The Bertz CT molecular complexity index is 427. The Morgan fingerprint density at radius 2 is 1.68 bits per heavy atom.